The van der Waals surface area contributed by atoms with Gasteiger partial charge in [0.1, 0.15) is 19.3 Å². The van der Waals surface area contributed by atoms with Gasteiger partial charge < -0.3 is 10.1 Å². The van der Waals surface area contributed by atoms with E-state index in [1.807, 2.05) is 31.2 Å². The van der Waals surface area contributed by atoms with E-state index in [0.29, 0.717) is 18.1 Å². The summed E-state index contributed by atoms with van der Waals surface area (Å²) in [5.74, 6) is 0. The maximum atomic E-state index is 12.0. The molecule has 1 aromatic carbocycles. The molecule has 1 aromatic heterocycles. The summed E-state index contributed by atoms with van der Waals surface area (Å²) in [6.45, 7) is 2.72. The molecular weight excluding hydrogens is 302 g/mol. The molecule has 1 atom stereocenters. The third kappa shape index (κ3) is 2.91. The number of hydrogen-bond acceptors (Lipinski definition) is 5. The van der Waals surface area contributed by atoms with Crippen molar-refractivity contribution in [3.05, 3.63) is 36.9 Å². The lowest BCUT2D eigenvalue weighted by Crippen LogP contribution is -2.42. The van der Waals surface area contributed by atoms with Crippen LogP contribution in [0.25, 0.3) is 5.69 Å². The van der Waals surface area contributed by atoms with Gasteiger partial charge in [0.15, 0.2) is 0 Å². The van der Waals surface area contributed by atoms with Crippen molar-refractivity contribution >= 4 is 29.0 Å². The summed E-state index contributed by atoms with van der Waals surface area (Å²) in [6.07, 6.45) is 2.75. The van der Waals surface area contributed by atoms with Gasteiger partial charge in [-0.15, -0.1) is 0 Å². The molecule has 1 saturated heterocycles. The van der Waals surface area contributed by atoms with Gasteiger partial charge in [0.25, 0.3) is 0 Å². The van der Waals surface area contributed by atoms with Gasteiger partial charge in [0.05, 0.1) is 16.7 Å². The van der Waals surface area contributed by atoms with Crippen LogP contribution in [0.3, 0.4) is 0 Å². The van der Waals surface area contributed by atoms with Crippen LogP contribution in [0.1, 0.15) is 6.92 Å². The van der Waals surface area contributed by atoms with Crippen molar-refractivity contribution < 1.29 is 9.53 Å². The van der Waals surface area contributed by atoms with E-state index in [1.54, 1.807) is 15.9 Å². The van der Waals surface area contributed by atoms with Gasteiger partial charge in [0, 0.05) is 12.2 Å². The lowest BCUT2D eigenvalue weighted by molar-refractivity contribution is 0.179. The average molecular weight is 317 g/mol. The van der Waals surface area contributed by atoms with Crippen molar-refractivity contribution in [3.63, 3.8) is 0 Å². The Morgan fingerprint density at radius 2 is 2.14 bits per heavy atom. The summed E-state index contributed by atoms with van der Waals surface area (Å²) < 4.78 is 6.80. The van der Waals surface area contributed by atoms with E-state index >= 15 is 0 Å². The first-order chi connectivity index (χ1) is 10.6. The Morgan fingerprint density at radius 3 is 2.77 bits per heavy atom. The van der Waals surface area contributed by atoms with Gasteiger partial charge in [-0.2, -0.15) is 5.10 Å². The molecule has 0 radical (unpaired) electrons. The molecule has 1 fully saturated rings. The average Bonchev–Trinajstić information content (AvgIpc) is 3.15. The minimum Gasteiger partial charge on any atom is -0.447 e. The molecule has 22 heavy (non-hydrogen) atoms. The van der Waals surface area contributed by atoms with E-state index in [2.05, 4.69) is 15.4 Å². The molecular formula is C14H15N5O2S. The molecule has 1 N–H and O–H groups in total. The quantitative estimate of drug-likeness (QED) is 0.862. The van der Waals surface area contributed by atoms with E-state index in [9.17, 15) is 4.79 Å². The predicted octanol–water partition coefficient (Wildman–Crippen LogP) is 1.53. The number of anilines is 1. The van der Waals surface area contributed by atoms with Crippen LogP contribution < -0.4 is 10.2 Å². The number of cyclic esters (lactones) is 1. The Labute approximate surface area is 132 Å². The van der Waals surface area contributed by atoms with E-state index < -0.39 is 0 Å². The molecule has 0 aliphatic carbocycles. The van der Waals surface area contributed by atoms with Crippen LogP contribution in [0.15, 0.2) is 36.9 Å². The Balaban J connectivity index is 1.79. The fraction of sp³-hybridized carbons (Fsp3) is 0.286. The van der Waals surface area contributed by atoms with Crippen molar-refractivity contribution in [2.45, 2.75) is 13.0 Å². The number of aromatic nitrogens is 3. The Kier molecular flexibility index (Phi) is 4.01. The lowest BCUT2D eigenvalue weighted by atomic mass is 10.2. The van der Waals surface area contributed by atoms with Gasteiger partial charge in [-0.1, -0.05) is 12.2 Å². The van der Waals surface area contributed by atoms with Crippen LogP contribution in [0.2, 0.25) is 0 Å². The number of amides is 1. The number of nitrogens with zero attached hydrogens (tertiary/aromatic N) is 4. The van der Waals surface area contributed by atoms with Gasteiger partial charge in [0.2, 0.25) is 0 Å². The monoisotopic (exact) mass is 317 g/mol. The molecule has 1 amide bonds. The number of hydrogen-bond donors (Lipinski definition) is 1. The Morgan fingerprint density at radius 1 is 1.41 bits per heavy atom. The normalized spacial score (nSPS) is 17.4. The predicted molar refractivity (Wildman–Crippen MR) is 85.2 cm³/mol. The Bertz CT molecular complexity index is 671. The van der Waals surface area contributed by atoms with E-state index in [0.717, 1.165) is 11.4 Å². The topological polar surface area (TPSA) is 72.3 Å². The fourth-order valence-electron chi connectivity index (χ4n) is 2.30. The molecule has 0 saturated carbocycles. The van der Waals surface area contributed by atoms with Crippen molar-refractivity contribution in [1.82, 2.24) is 20.1 Å². The van der Waals surface area contributed by atoms with E-state index in [-0.39, 0.29) is 12.1 Å². The standard InChI is InChI=1S/C14H15N5O2S/c1-10(22)16-6-13-7-21-14(20)19(13)12-4-2-11(3-5-12)18-9-15-8-17-18/h2-5,8-9,13H,6-7H2,1H3,(H,16,22)/t13-/m0/s1. The molecule has 0 spiro atoms. The molecule has 1 aliphatic rings. The van der Waals surface area contributed by atoms with Crippen molar-refractivity contribution in [2.24, 2.45) is 0 Å². The highest BCUT2D eigenvalue weighted by Gasteiger charge is 2.34. The summed E-state index contributed by atoms with van der Waals surface area (Å²) in [5.41, 5.74) is 1.65. The smallest absolute Gasteiger partial charge is 0.414 e. The number of carbonyl (C=O) groups is 1. The molecule has 114 valence electrons. The highest BCUT2D eigenvalue weighted by atomic mass is 32.1. The SMILES string of the molecule is CC(=S)NC[C@H]1COC(=O)N1c1ccc(-n2cncn2)cc1. The third-order valence-corrected chi connectivity index (χ3v) is 3.50. The summed E-state index contributed by atoms with van der Waals surface area (Å²) in [7, 11) is 0. The number of carbonyl (C=O) groups excluding carboxylic acids is 1. The van der Waals surface area contributed by atoms with Crippen molar-refractivity contribution in [1.29, 1.82) is 0 Å². The molecule has 0 unspecified atom stereocenters. The zero-order valence-electron chi connectivity index (χ0n) is 12.0. The molecule has 2 aromatic rings. The van der Waals surface area contributed by atoms with Crippen LogP contribution in [0.4, 0.5) is 10.5 Å². The van der Waals surface area contributed by atoms with Crippen molar-refractivity contribution in [3.8, 4) is 5.69 Å². The number of benzene rings is 1. The maximum absolute atomic E-state index is 12.0. The highest BCUT2D eigenvalue weighted by molar-refractivity contribution is 7.80. The maximum Gasteiger partial charge on any atom is 0.414 e. The van der Waals surface area contributed by atoms with Crippen molar-refractivity contribution in [2.75, 3.05) is 18.1 Å². The zero-order chi connectivity index (χ0) is 15.5. The third-order valence-electron chi connectivity index (χ3n) is 3.36. The minimum atomic E-state index is -0.345. The summed E-state index contributed by atoms with van der Waals surface area (Å²) in [6, 6.07) is 7.40. The first-order valence-corrected chi connectivity index (χ1v) is 7.21. The number of thiocarbonyl (C=S) groups is 1. The van der Waals surface area contributed by atoms with Crippen LogP contribution in [0.5, 0.6) is 0 Å². The first kappa shape index (κ1) is 14.5. The van der Waals surface area contributed by atoms with Crippen LogP contribution in [-0.4, -0.2) is 45.0 Å². The van der Waals surface area contributed by atoms with E-state index in [1.165, 1.54) is 6.33 Å². The number of rotatable bonds is 4. The Hall–Kier alpha value is -2.48. The summed E-state index contributed by atoms with van der Waals surface area (Å²) in [5, 5.41) is 7.15. The summed E-state index contributed by atoms with van der Waals surface area (Å²) in [4.78, 5) is 18.2. The number of ether oxygens (including phenoxy) is 1. The number of nitrogens with one attached hydrogen (secondary N) is 1. The van der Waals surface area contributed by atoms with Gasteiger partial charge >= 0.3 is 6.09 Å². The molecule has 0 bridgehead atoms. The second-order valence-electron chi connectivity index (χ2n) is 4.89. The zero-order valence-corrected chi connectivity index (χ0v) is 12.8. The summed E-state index contributed by atoms with van der Waals surface area (Å²) >= 11 is 5.01. The molecule has 3 rings (SSSR count). The second kappa shape index (κ2) is 6.10. The van der Waals surface area contributed by atoms with Gasteiger partial charge in [-0.3, -0.25) is 4.90 Å². The highest BCUT2D eigenvalue weighted by Crippen LogP contribution is 2.24. The molecule has 1 aliphatic heterocycles. The fourth-order valence-corrected chi connectivity index (χ4v) is 2.38. The van der Waals surface area contributed by atoms with Gasteiger partial charge in [-0.05, 0) is 31.2 Å². The molecule has 2 heterocycles. The van der Waals surface area contributed by atoms with Crippen LogP contribution in [0, 0.1) is 0 Å². The molecule has 7 nitrogen and oxygen atoms in total. The van der Waals surface area contributed by atoms with E-state index in [4.69, 9.17) is 17.0 Å². The minimum absolute atomic E-state index is 0.0809. The molecule has 8 heteroatoms. The van der Waals surface area contributed by atoms with Gasteiger partial charge in [-0.25, -0.2) is 14.5 Å². The van der Waals surface area contributed by atoms with Crippen LogP contribution >= 0.6 is 12.2 Å². The lowest BCUT2D eigenvalue weighted by Gasteiger charge is -2.22. The largest absolute Gasteiger partial charge is 0.447 e. The first-order valence-electron chi connectivity index (χ1n) is 6.80. The second-order valence-corrected chi connectivity index (χ2v) is 5.51. The van der Waals surface area contributed by atoms with Crippen LogP contribution in [-0.2, 0) is 4.74 Å².